The van der Waals surface area contributed by atoms with Gasteiger partial charge in [0.25, 0.3) is 0 Å². The van der Waals surface area contributed by atoms with Crippen LogP contribution >= 0.6 is 22.7 Å². The molecule has 0 saturated heterocycles. The molecule has 0 fully saturated rings. The van der Waals surface area contributed by atoms with Crippen molar-refractivity contribution in [3.8, 4) is 0 Å². The van der Waals surface area contributed by atoms with Crippen molar-refractivity contribution in [2.45, 2.75) is 12.5 Å². The van der Waals surface area contributed by atoms with Gasteiger partial charge in [0.1, 0.15) is 5.01 Å². The Hall–Kier alpha value is -0.790. The van der Waals surface area contributed by atoms with E-state index in [9.17, 15) is 0 Å². The van der Waals surface area contributed by atoms with E-state index < -0.39 is 0 Å². The molecule has 1 unspecified atom stereocenters. The number of nitrogens with zero attached hydrogens (tertiary/aromatic N) is 2. The number of aromatic nitrogens is 1. The number of rotatable bonds is 7. The van der Waals surface area contributed by atoms with E-state index in [2.05, 4.69) is 32.1 Å². The van der Waals surface area contributed by atoms with Crippen LogP contribution in [0.3, 0.4) is 0 Å². The molecule has 2 heterocycles. The monoisotopic (exact) mass is 297 g/mol. The number of aliphatic hydroxyl groups is 1. The number of hydrogen-bond donors (Lipinski definition) is 2. The lowest BCUT2D eigenvalue weighted by molar-refractivity contribution is 0.197. The van der Waals surface area contributed by atoms with Crippen LogP contribution in [-0.4, -0.2) is 41.7 Å². The number of thiophene rings is 1. The first-order valence-electron chi connectivity index (χ1n) is 6.23. The van der Waals surface area contributed by atoms with Gasteiger partial charge < -0.3 is 10.8 Å². The largest absolute Gasteiger partial charge is 0.395 e. The first kappa shape index (κ1) is 14.6. The number of thiazole rings is 1. The minimum absolute atomic E-state index is 0.120. The lowest BCUT2D eigenvalue weighted by atomic mass is 10.1. The fraction of sp³-hybridized carbons (Fsp3) is 0.462. The van der Waals surface area contributed by atoms with Crippen LogP contribution < -0.4 is 5.73 Å². The van der Waals surface area contributed by atoms with Gasteiger partial charge in [0.15, 0.2) is 0 Å². The average molecular weight is 297 g/mol. The SMILES string of the molecule is CN(CCO)C(c1ccsc1)c1nc(CCN)cs1. The standard InChI is InChI=1S/C13H19N3OS2/c1-16(5-6-17)12(10-3-7-18-8-10)13-15-11(2-4-14)9-19-13/h3,7-9,12,17H,2,4-6,14H2,1H3. The summed E-state index contributed by atoms with van der Waals surface area (Å²) in [5.41, 5.74) is 7.86. The second-order valence-corrected chi connectivity index (χ2v) is 6.05. The number of likely N-dealkylation sites (N-methyl/N-ethyl adjacent to an activating group) is 1. The van der Waals surface area contributed by atoms with E-state index in [1.54, 1.807) is 22.7 Å². The highest BCUT2D eigenvalue weighted by molar-refractivity contribution is 7.10. The summed E-state index contributed by atoms with van der Waals surface area (Å²) in [5.74, 6) is 0. The summed E-state index contributed by atoms with van der Waals surface area (Å²) in [6, 6.07) is 2.24. The zero-order chi connectivity index (χ0) is 13.7. The Morgan fingerprint density at radius 1 is 1.47 bits per heavy atom. The summed E-state index contributed by atoms with van der Waals surface area (Å²) in [6.07, 6.45) is 0.816. The maximum atomic E-state index is 9.15. The van der Waals surface area contributed by atoms with Gasteiger partial charge in [-0.05, 0) is 36.0 Å². The molecule has 3 N–H and O–H groups in total. The third kappa shape index (κ3) is 3.61. The highest BCUT2D eigenvalue weighted by Crippen LogP contribution is 2.31. The van der Waals surface area contributed by atoms with Crippen molar-refractivity contribution in [2.24, 2.45) is 5.73 Å². The smallest absolute Gasteiger partial charge is 0.115 e. The van der Waals surface area contributed by atoms with Crippen LogP contribution in [0.15, 0.2) is 22.2 Å². The van der Waals surface area contributed by atoms with E-state index in [4.69, 9.17) is 10.8 Å². The van der Waals surface area contributed by atoms with Crippen molar-refractivity contribution < 1.29 is 5.11 Å². The Morgan fingerprint density at radius 2 is 2.32 bits per heavy atom. The molecule has 19 heavy (non-hydrogen) atoms. The van der Waals surface area contributed by atoms with Crippen LogP contribution in [0.25, 0.3) is 0 Å². The van der Waals surface area contributed by atoms with E-state index in [0.29, 0.717) is 13.1 Å². The zero-order valence-electron chi connectivity index (χ0n) is 11.0. The molecular formula is C13H19N3OS2. The van der Waals surface area contributed by atoms with E-state index in [1.165, 1.54) is 5.56 Å². The van der Waals surface area contributed by atoms with Crippen LogP contribution in [-0.2, 0) is 6.42 Å². The molecule has 0 radical (unpaired) electrons. The Balaban J connectivity index is 2.25. The van der Waals surface area contributed by atoms with Crippen LogP contribution in [0.1, 0.15) is 22.3 Å². The highest BCUT2D eigenvalue weighted by Gasteiger charge is 2.22. The third-order valence-electron chi connectivity index (χ3n) is 2.96. The quantitative estimate of drug-likeness (QED) is 0.817. The van der Waals surface area contributed by atoms with Crippen molar-refractivity contribution >= 4 is 22.7 Å². The maximum absolute atomic E-state index is 9.15. The first-order valence-corrected chi connectivity index (χ1v) is 8.06. The molecule has 0 amide bonds. The summed E-state index contributed by atoms with van der Waals surface area (Å²) in [6.45, 7) is 1.41. The van der Waals surface area contributed by atoms with E-state index in [-0.39, 0.29) is 12.6 Å². The van der Waals surface area contributed by atoms with Gasteiger partial charge in [-0.15, -0.1) is 11.3 Å². The molecule has 0 aliphatic carbocycles. The molecule has 2 aromatic heterocycles. The van der Waals surface area contributed by atoms with Gasteiger partial charge in [0, 0.05) is 18.3 Å². The Labute approximate surface area is 121 Å². The lowest BCUT2D eigenvalue weighted by Crippen LogP contribution is -2.28. The molecule has 2 aromatic rings. The molecule has 1 atom stereocenters. The average Bonchev–Trinajstić information content (AvgIpc) is 3.03. The molecule has 0 aromatic carbocycles. The topological polar surface area (TPSA) is 62.4 Å². The molecule has 0 saturated carbocycles. The van der Waals surface area contributed by atoms with Crippen LogP contribution in [0.4, 0.5) is 0 Å². The molecule has 0 aliphatic rings. The number of hydrogen-bond acceptors (Lipinski definition) is 6. The second-order valence-electron chi connectivity index (χ2n) is 4.38. The van der Waals surface area contributed by atoms with Crippen molar-refractivity contribution in [1.82, 2.24) is 9.88 Å². The molecule has 0 aliphatic heterocycles. The first-order chi connectivity index (χ1) is 9.26. The summed E-state index contributed by atoms with van der Waals surface area (Å²) < 4.78 is 0. The predicted molar refractivity (Wildman–Crippen MR) is 80.8 cm³/mol. The summed E-state index contributed by atoms with van der Waals surface area (Å²) in [7, 11) is 2.02. The number of aliphatic hydroxyl groups excluding tert-OH is 1. The third-order valence-corrected chi connectivity index (χ3v) is 4.60. The van der Waals surface area contributed by atoms with Crippen molar-refractivity contribution in [3.63, 3.8) is 0 Å². The van der Waals surface area contributed by atoms with Crippen molar-refractivity contribution in [2.75, 3.05) is 26.7 Å². The minimum Gasteiger partial charge on any atom is -0.395 e. The van der Waals surface area contributed by atoms with E-state index in [0.717, 1.165) is 17.1 Å². The van der Waals surface area contributed by atoms with Gasteiger partial charge in [0.2, 0.25) is 0 Å². The number of nitrogens with two attached hydrogens (primary N) is 1. The van der Waals surface area contributed by atoms with Crippen molar-refractivity contribution in [3.05, 3.63) is 38.5 Å². The van der Waals surface area contributed by atoms with Gasteiger partial charge in [-0.3, -0.25) is 4.90 Å². The van der Waals surface area contributed by atoms with Gasteiger partial charge in [-0.25, -0.2) is 4.98 Å². The fourth-order valence-corrected chi connectivity index (χ4v) is 3.74. The van der Waals surface area contributed by atoms with Gasteiger partial charge >= 0.3 is 0 Å². The fourth-order valence-electron chi connectivity index (χ4n) is 2.01. The van der Waals surface area contributed by atoms with E-state index in [1.807, 2.05) is 7.05 Å². The molecule has 6 heteroatoms. The maximum Gasteiger partial charge on any atom is 0.115 e. The molecule has 2 rings (SSSR count). The predicted octanol–water partition coefficient (Wildman–Crippen LogP) is 1.72. The minimum atomic E-state index is 0.120. The Morgan fingerprint density at radius 3 is 2.95 bits per heavy atom. The molecule has 0 spiro atoms. The summed E-state index contributed by atoms with van der Waals surface area (Å²) in [5, 5.41) is 16.5. The highest BCUT2D eigenvalue weighted by atomic mass is 32.1. The van der Waals surface area contributed by atoms with Crippen LogP contribution in [0.2, 0.25) is 0 Å². The molecule has 0 bridgehead atoms. The van der Waals surface area contributed by atoms with Crippen LogP contribution in [0, 0.1) is 0 Å². The zero-order valence-corrected chi connectivity index (χ0v) is 12.6. The van der Waals surface area contributed by atoms with Gasteiger partial charge in [-0.1, -0.05) is 0 Å². The molecule has 104 valence electrons. The summed E-state index contributed by atoms with van der Waals surface area (Å²) >= 11 is 3.35. The molecular weight excluding hydrogens is 278 g/mol. The van der Waals surface area contributed by atoms with Gasteiger partial charge in [-0.2, -0.15) is 11.3 Å². The summed E-state index contributed by atoms with van der Waals surface area (Å²) in [4.78, 5) is 6.81. The molecule has 4 nitrogen and oxygen atoms in total. The van der Waals surface area contributed by atoms with Crippen LogP contribution in [0.5, 0.6) is 0 Å². The lowest BCUT2D eigenvalue weighted by Gasteiger charge is -2.25. The van der Waals surface area contributed by atoms with E-state index >= 15 is 0 Å². The van der Waals surface area contributed by atoms with Gasteiger partial charge in [0.05, 0.1) is 18.3 Å². The Bertz CT molecular complexity index is 484. The Kier molecular flexibility index (Phi) is 5.47. The normalized spacial score (nSPS) is 13.1. The van der Waals surface area contributed by atoms with Crippen molar-refractivity contribution in [1.29, 1.82) is 0 Å². The second kappa shape index (κ2) is 7.12.